The molecule has 0 radical (unpaired) electrons. The summed E-state index contributed by atoms with van der Waals surface area (Å²) in [4.78, 5) is 20.9. The second-order valence-electron chi connectivity index (χ2n) is 6.41. The van der Waals surface area contributed by atoms with Gasteiger partial charge in [0.1, 0.15) is 12.1 Å². The molecule has 3 aromatic rings. The molecule has 0 saturated carbocycles. The third kappa shape index (κ3) is 3.38. The van der Waals surface area contributed by atoms with Gasteiger partial charge in [0, 0.05) is 11.4 Å². The lowest BCUT2D eigenvalue weighted by molar-refractivity contribution is -0.134. The van der Waals surface area contributed by atoms with Crippen LogP contribution in [0.5, 0.6) is 5.75 Å². The molecule has 6 nitrogen and oxygen atoms in total. The van der Waals surface area contributed by atoms with E-state index in [1.165, 1.54) is 6.33 Å². The SMILES string of the molecule is Cc1cc(C)c(C)c(OC(=O)CCc2c(C)nc3ncnn3c2C)c1. The van der Waals surface area contributed by atoms with Gasteiger partial charge in [0.05, 0.1) is 6.42 Å². The molecule has 2 aromatic heterocycles. The van der Waals surface area contributed by atoms with Crippen LogP contribution in [-0.2, 0) is 11.2 Å². The van der Waals surface area contributed by atoms with E-state index < -0.39 is 0 Å². The van der Waals surface area contributed by atoms with Gasteiger partial charge in [-0.15, -0.1) is 0 Å². The smallest absolute Gasteiger partial charge is 0.311 e. The normalized spacial score (nSPS) is 11.1. The molecule has 25 heavy (non-hydrogen) atoms. The average molecular weight is 338 g/mol. The molecule has 2 heterocycles. The average Bonchev–Trinajstić information content (AvgIpc) is 3.00. The van der Waals surface area contributed by atoms with Crippen molar-refractivity contribution in [2.24, 2.45) is 0 Å². The topological polar surface area (TPSA) is 69.4 Å². The van der Waals surface area contributed by atoms with Crippen molar-refractivity contribution in [2.75, 3.05) is 0 Å². The number of ether oxygens (including phenoxy) is 1. The lowest BCUT2D eigenvalue weighted by atomic mass is 10.1. The summed E-state index contributed by atoms with van der Waals surface area (Å²) < 4.78 is 7.28. The van der Waals surface area contributed by atoms with Gasteiger partial charge < -0.3 is 4.74 Å². The Kier molecular flexibility index (Phi) is 4.53. The van der Waals surface area contributed by atoms with Gasteiger partial charge in [-0.05, 0) is 69.4 Å². The van der Waals surface area contributed by atoms with Crippen LogP contribution in [0.15, 0.2) is 18.5 Å². The predicted octanol–water partition coefficient (Wildman–Crippen LogP) is 3.20. The number of hydrogen-bond donors (Lipinski definition) is 0. The van der Waals surface area contributed by atoms with Crippen LogP contribution in [0.2, 0.25) is 0 Å². The van der Waals surface area contributed by atoms with E-state index in [1.807, 2.05) is 40.7 Å². The summed E-state index contributed by atoms with van der Waals surface area (Å²) in [5.74, 6) is 0.971. The summed E-state index contributed by atoms with van der Waals surface area (Å²) >= 11 is 0. The first-order valence-corrected chi connectivity index (χ1v) is 8.31. The number of esters is 1. The molecule has 0 spiro atoms. The van der Waals surface area contributed by atoms with Crippen LogP contribution in [-0.4, -0.2) is 25.6 Å². The highest BCUT2D eigenvalue weighted by molar-refractivity contribution is 5.73. The number of rotatable bonds is 4. The molecule has 0 fully saturated rings. The molecule has 0 aliphatic heterocycles. The molecule has 3 rings (SSSR count). The standard InChI is InChI=1S/C19H22N4O2/c1-11-8-12(2)13(3)17(9-11)25-18(24)7-6-16-14(4)22-19-20-10-21-23(19)15(16)5/h8-10H,6-7H2,1-5H3. The van der Waals surface area contributed by atoms with Gasteiger partial charge >= 0.3 is 5.97 Å². The van der Waals surface area contributed by atoms with Gasteiger partial charge in [-0.1, -0.05) is 6.07 Å². The Bertz CT molecular complexity index is 960. The molecule has 0 aliphatic rings. The van der Waals surface area contributed by atoms with Crippen LogP contribution in [0, 0.1) is 34.6 Å². The number of aromatic nitrogens is 4. The van der Waals surface area contributed by atoms with Crippen molar-refractivity contribution in [3.05, 3.63) is 52.1 Å². The Hall–Kier alpha value is -2.76. The fraction of sp³-hybridized carbons (Fsp3) is 0.368. The fourth-order valence-corrected chi connectivity index (χ4v) is 3.02. The molecule has 6 heteroatoms. The molecule has 0 unspecified atom stereocenters. The zero-order valence-electron chi connectivity index (χ0n) is 15.3. The summed E-state index contributed by atoms with van der Waals surface area (Å²) in [6, 6.07) is 3.98. The van der Waals surface area contributed by atoms with Gasteiger partial charge in [-0.3, -0.25) is 4.79 Å². The molecular formula is C19H22N4O2. The van der Waals surface area contributed by atoms with Crippen molar-refractivity contribution in [3.63, 3.8) is 0 Å². The highest BCUT2D eigenvalue weighted by Gasteiger charge is 2.14. The Morgan fingerprint density at radius 1 is 1.16 bits per heavy atom. The largest absolute Gasteiger partial charge is 0.426 e. The molecule has 1 aromatic carbocycles. The van der Waals surface area contributed by atoms with Crippen LogP contribution < -0.4 is 4.74 Å². The number of aryl methyl sites for hydroxylation is 4. The molecule has 0 atom stereocenters. The van der Waals surface area contributed by atoms with E-state index in [0.29, 0.717) is 17.9 Å². The maximum Gasteiger partial charge on any atom is 0.311 e. The molecule has 0 amide bonds. The predicted molar refractivity (Wildman–Crippen MR) is 94.9 cm³/mol. The molecule has 0 N–H and O–H groups in total. The van der Waals surface area contributed by atoms with Crippen molar-refractivity contribution in [1.82, 2.24) is 19.6 Å². The Labute approximate surface area is 146 Å². The molecular weight excluding hydrogens is 316 g/mol. The third-order valence-corrected chi connectivity index (χ3v) is 4.56. The van der Waals surface area contributed by atoms with Crippen LogP contribution in [0.3, 0.4) is 0 Å². The van der Waals surface area contributed by atoms with E-state index in [9.17, 15) is 4.79 Å². The van der Waals surface area contributed by atoms with Crippen LogP contribution in [0.1, 0.15) is 40.1 Å². The summed E-state index contributed by atoms with van der Waals surface area (Å²) in [6.07, 6.45) is 2.33. The van der Waals surface area contributed by atoms with Crippen molar-refractivity contribution in [2.45, 2.75) is 47.5 Å². The first-order chi connectivity index (χ1) is 11.9. The summed E-state index contributed by atoms with van der Waals surface area (Å²) in [5, 5.41) is 4.17. The molecule has 0 bridgehead atoms. The minimum absolute atomic E-state index is 0.245. The van der Waals surface area contributed by atoms with E-state index in [-0.39, 0.29) is 12.4 Å². The Balaban J connectivity index is 1.75. The monoisotopic (exact) mass is 338 g/mol. The lowest BCUT2D eigenvalue weighted by Gasteiger charge is -2.12. The second-order valence-corrected chi connectivity index (χ2v) is 6.41. The zero-order valence-corrected chi connectivity index (χ0v) is 15.3. The number of carbonyl (C=O) groups excluding carboxylic acids is 1. The van der Waals surface area contributed by atoms with E-state index >= 15 is 0 Å². The number of benzene rings is 1. The van der Waals surface area contributed by atoms with Crippen molar-refractivity contribution in [3.8, 4) is 5.75 Å². The summed E-state index contributed by atoms with van der Waals surface area (Å²) in [5.41, 5.74) is 6.03. The second kappa shape index (κ2) is 6.63. The number of carbonyl (C=O) groups is 1. The summed E-state index contributed by atoms with van der Waals surface area (Å²) in [6.45, 7) is 9.87. The van der Waals surface area contributed by atoms with Crippen molar-refractivity contribution >= 4 is 11.7 Å². The maximum absolute atomic E-state index is 12.3. The summed E-state index contributed by atoms with van der Waals surface area (Å²) in [7, 11) is 0. The van der Waals surface area contributed by atoms with Gasteiger partial charge in [0.25, 0.3) is 5.78 Å². The van der Waals surface area contributed by atoms with Gasteiger partial charge in [0.15, 0.2) is 0 Å². The minimum Gasteiger partial charge on any atom is -0.426 e. The minimum atomic E-state index is -0.245. The first kappa shape index (κ1) is 17.1. The van der Waals surface area contributed by atoms with Gasteiger partial charge in [-0.2, -0.15) is 10.1 Å². The quantitative estimate of drug-likeness (QED) is 0.540. The lowest BCUT2D eigenvalue weighted by Crippen LogP contribution is -2.13. The van der Waals surface area contributed by atoms with E-state index in [4.69, 9.17) is 4.74 Å². The highest BCUT2D eigenvalue weighted by Crippen LogP contribution is 2.24. The Morgan fingerprint density at radius 3 is 2.68 bits per heavy atom. The van der Waals surface area contributed by atoms with Crippen LogP contribution in [0.25, 0.3) is 5.78 Å². The first-order valence-electron chi connectivity index (χ1n) is 8.31. The maximum atomic E-state index is 12.3. The molecule has 130 valence electrons. The van der Waals surface area contributed by atoms with Gasteiger partial charge in [-0.25, -0.2) is 9.50 Å². The third-order valence-electron chi connectivity index (χ3n) is 4.56. The zero-order chi connectivity index (χ0) is 18.1. The molecule has 0 aliphatic carbocycles. The number of hydrogen-bond acceptors (Lipinski definition) is 5. The van der Waals surface area contributed by atoms with E-state index in [1.54, 1.807) is 4.52 Å². The van der Waals surface area contributed by atoms with Crippen molar-refractivity contribution in [1.29, 1.82) is 0 Å². The van der Waals surface area contributed by atoms with E-state index in [0.717, 1.165) is 33.6 Å². The number of nitrogens with zero attached hydrogens (tertiary/aromatic N) is 4. The van der Waals surface area contributed by atoms with Crippen molar-refractivity contribution < 1.29 is 9.53 Å². The van der Waals surface area contributed by atoms with E-state index in [2.05, 4.69) is 21.1 Å². The van der Waals surface area contributed by atoms with Crippen LogP contribution in [0.4, 0.5) is 0 Å². The fourth-order valence-electron chi connectivity index (χ4n) is 3.02. The number of fused-ring (bicyclic) bond motifs is 1. The highest BCUT2D eigenvalue weighted by atomic mass is 16.5. The Morgan fingerprint density at radius 2 is 1.92 bits per heavy atom. The molecule has 0 saturated heterocycles. The van der Waals surface area contributed by atoms with Gasteiger partial charge in [0.2, 0.25) is 0 Å². The van der Waals surface area contributed by atoms with Crippen LogP contribution >= 0.6 is 0 Å².